The minimum atomic E-state index is -5.02. The molecule has 178 valence electrons. The van der Waals surface area contributed by atoms with Crippen molar-refractivity contribution in [1.82, 2.24) is 19.9 Å². The van der Waals surface area contributed by atoms with Gasteiger partial charge in [0.2, 0.25) is 6.10 Å². The average molecular weight is 496 g/mol. The topological polar surface area (TPSA) is 82.5 Å². The maximum atomic E-state index is 13.4. The molecule has 0 spiro atoms. The van der Waals surface area contributed by atoms with Crippen molar-refractivity contribution in [2.75, 3.05) is 31.1 Å². The number of aromatic nitrogens is 3. The summed E-state index contributed by atoms with van der Waals surface area (Å²) in [5, 5.41) is 9.57. The van der Waals surface area contributed by atoms with Crippen LogP contribution in [0.1, 0.15) is 0 Å². The van der Waals surface area contributed by atoms with E-state index in [9.17, 15) is 27.5 Å². The van der Waals surface area contributed by atoms with Crippen LogP contribution < -0.4 is 4.90 Å². The van der Waals surface area contributed by atoms with Gasteiger partial charge in [-0.1, -0.05) is 11.6 Å². The van der Waals surface area contributed by atoms with E-state index >= 15 is 0 Å². The summed E-state index contributed by atoms with van der Waals surface area (Å²) in [6.45, 7) is 0.312. The van der Waals surface area contributed by atoms with Gasteiger partial charge >= 0.3 is 6.18 Å². The first kappa shape index (κ1) is 23.8. The van der Waals surface area contributed by atoms with Crippen LogP contribution in [0.4, 0.5) is 23.4 Å². The number of carbonyl (C=O) groups is 1. The van der Waals surface area contributed by atoms with Crippen LogP contribution in [0.15, 0.2) is 48.9 Å². The number of amides is 1. The SMILES string of the molecule is O=C([C@H](O)C(F)(F)F)N1CCN(c2cnc(-c3ccc(F)cc3)c(-c3ccncc3Cl)n2)CC1. The summed E-state index contributed by atoms with van der Waals surface area (Å²) in [5.74, 6) is -1.36. The molecule has 34 heavy (non-hydrogen) atoms. The molecule has 3 heterocycles. The van der Waals surface area contributed by atoms with Gasteiger partial charge in [-0.25, -0.2) is 9.37 Å². The summed E-state index contributed by atoms with van der Waals surface area (Å²) in [6.07, 6.45) is -3.57. The monoisotopic (exact) mass is 495 g/mol. The highest BCUT2D eigenvalue weighted by atomic mass is 35.5. The first-order valence-corrected chi connectivity index (χ1v) is 10.5. The Morgan fingerprint density at radius 1 is 1.03 bits per heavy atom. The third-order valence-corrected chi connectivity index (χ3v) is 5.67. The predicted octanol–water partition coefficient (Wildman–Crippen LogP) is 3.57. The van der Waals surface area contributed by atoms with Crippen molar-refractivity contribution < 1.29 is 27.5 Å². The number of aliphatic hydroxyl groups excluding tert-OH is 1. The molecule has 12 heteroatoms. The molecule has 1 aromatic carbocycles. The minimum Gasteiger partial charge on any atom is -0.376 e. The van der Waals surface area contributed by atoms with E-state index in [0.717, 1.165) is 4.90 Å². The van der Waals surface area contributed by atoms with E-state index in [4.69, 9.17) is 16.6 Å². The second-order valence-electron chi connectivity index (χ2n) is 7.54. The number of rotatable bonds is 4. The van der Waals surface area contributed by atoms with Gasteiger partial charge in [-0.15, -0.1) is 0 Å². The summed E-state index contributed by atoms with van der Waals surface area (Å²) < 4.78 is 51.4. The molecule has 4 rings (SSSR count). The third kappa shape index (κ3) is 4.95. The van der Waals surface area contributed by atoms with Crippen LogP contribution in [0.3, 0.4) is 0 Å². The summed E-state index contributed by atoms with van der Waals surface area (Å²) in [5.41, 5.74) is 2.04. The molecule has 1 aliphatic heterocycles. The molecule has 0 unspecified atom stereocenters. The van der Waals surface area contributed by atoms with Gasteiger partial charge in [-0.05, 0) is 30.3 Å². The van der Waals surface area contributed by atoms with Gasteiger partial charge in [0.25, 0.3) is 5.91 Å². The van der Waals surface area contributed by atoms with Crippen LogP contribution in [0, 0.1) is 5.82 Å². The molecule has 1 atom stereocenters. The largest absolute Gasteiger partial charge is 0.423 e. The normalized spacial score (nSPS) is 15.4. The Morgan fingerprint density at radius 3 is 2.32 bits per heavy atom. The van der Waals surface area contributed by atoms with Crippen molar-refractivity contribution in [3.05, 3.63) is 59.8 Å². The molecule has 0 aliphatic carbocycles. The fourth-order valence-corrected chi connectivity index (χ4v) is 3.78. The average Bonchev–Trinajstić information content (AvgIpc) is 2.83. The highest BCUT2D eigenvalue weighted by Gasteiger charge is 2.45. The maximum absolute atomic E-state index is 13.4. The number of carbonyl (C=O) groups excluding carboxylic acids is 1. The molecule has 1 saturated heterocycles. The highest BCUT2D eigenvalue weighted by Crippen LogP contribution is 2.34. The van der Waals surface area contributed by atoms with Crippen LogP contribution in [0.2, 0.25) is 5.02 Å². The van der Waals surface area contributed by atoms with E-state index in [1.165, 1.54) is 24.5 Å². The van der Waals surface area contributed by atoms with Gasteiger partial charge in [-0.3, -0.25) is 14.8 Å². The van der Waals surface area contributed by atoms with Gasteiger partial charge in [0.05, 0.1) is 16.9 Å². The zero-order chi connectivity index (χ0) is 24.5. The van der Waals surface area contributed by atoms with Crippen LogP contribution in [-0.2, 0) is 4.79 Å². The number of anilines is 1. The number of hydrogen-bond donors (Lipinski definition) is 1. The Morgan fingerprint density at radius 2 is 1.71 bits per heavy atom. The number of piperazine rings is 1. The van der Waals surface area contributed by atoms with Crippen LogP contribution in [0.25, 0.3) is 22.5 Å². The Labute approximate surface area is 196 Å². The quantitative estimate of drug-likeness (QED) is 0.557. The fourth-order valence-electron chi connectivity index (χ4n) is 3.58. The van der Waals surface area contributed by atoms with Gasteiger partial charge in [-0.2, -0.15) is 13.2 Å². The van der Waals surface area contributed by atoms with Crippen molar-refractivity contribution in [3.8, 4) is 22.5 Å². The van der Waals surface area contributed by atoms with E-state index in [2.05, 4.69) is 9.97 Å². The first-order chi connectivity index (χ1) is 16.1. The van der Waals surface area contributed by atoms with Crippen molar-refractivity contribution in [2.45, 2.75) is 12.3 Å². The number of nitrogens with zero attached hydrogens (tertiary/aromatic N) is 5. The van der Waals surface area contributed by atoms with E-state index in [1.807, 2.05) is 0 Å². The van der Waals surface area contributed by atoms with E-state index < -0.39 is 24.0 Å². The van der Waals surface area contributed by atoms with Gasteiger partial charge in [0.1, 0.15) is 17.3 Å². The Bertz CT molecular complexity index is 1180. The van der Waals surface area contributed by atoms with Crippen LogP contribution >= 0.6 is 11.6 Å². The molecular formula is C22H18ClF4N5O2. The Hall–Kier alpha value is -3.31. The summed E-state index contributed by atoms with van der Waals surface area (Å²) >= 11 is 6.34. The summed E-state index contributed by atoms with van der Waals surface area (Å²) in [4.78, 5) is 27.9. The number of alkyl halides is 3. The molecular weight excluding hydrogens is 478 g/mol. The molecule has 1 aliphatic rings. The van der Waals surface area contributed by atoms with Gasteiger partial charge in [0.15, 0.2) is 0 Å². The van der Waals surface area contributed by atoms with Crippen molar-refractivity contribution in [1.29, 1.82) is 0 Å². The number of halogens is 5. The molecule has 3 aromatic rings. The second kappa shape index (κ2) is 9.51. The third-order valence-electron chi connectivity index (χ3n) is 5.36. The summed E-state index contributed by atoms with van der Waals surface area (Å²) in [6, 6.07) is 7.39. The van der Waals surface area contributed by atoms with Crippen molar-refractivity contribution in [2.24, 2.45) is 0 Å². The zero-order valence-corrected chi connectivity index (χ0v) is 18.3. The fraction of sp³-hybridized carbons (Fsp3) is 0.273. The van der Waals surface area contributed by atoms with Gasteiger partial charge < -0.3 is 14.9 Å². The molecule has 0 radical (unpaired) electrons. The molecule has 1 N–H and O–H groups in total. The van der Waals surface area contributed by atoms with Crippen molar-refractivity contribution in [3.63, 3.8) is 0 Å². The molecule has 0 saturated carbocycles. The Balaban J connectivity index is 1.62. The minimum absolute atomic E-state index is 0.0291. The second-order valence-corrected chi connectivity index (χ2v) is 7.95. The highest BCUT2D eigenvalue weighted by molar-refractivity contribution is 6.33. The molecule has 2 aromatic heterocycles. The predicted molar refractivity (Wildman–Crippen MR) is 117 cm³/mol. The summed E-state index contributed by atoms with van der Waals surface area (Å²) in [7, 11) is 0. The van der Waals surface area contributed by atoms with E-state index in [-0.39, 0.29) is 26.2 Å². The lowest BCUT2D eigenvalue weighted by molar-refractivity contribution is -0.210. The lowest BCUT2D eigenvalue weighted by Gasteiger charge is -2.36. The maximum Gasteiger partial charge on any atom is 0.423 e. The molecule has 1 amide bonds. The number of pyridine rings is 1. The standard InChI is InChI=1S/C22H18ClF4N5O2/c23-16-11-28-6-5-15(16)19-18(13-1-3-14(24)4-2-13)29-12-17(30-19)31-7-9-32(10-8-31)21(34)20(33)22(25,26)27/h1-6,11-12,20,33H,7-10H2/t20-/m0/s1. The van der Waals surface area contributed by atoms with Crippen LogP contribution in [0.5, 0.6) is 0 Å². The zero-order valence-electron chi connectivity index (χ0n) is 17.5. The van der Waals surface area contributed by atoms with E-state index in [1.54, 1.807) is 29.3 Å². The number of benzene rings is 1. The lowest BCUT2D eigenvalue weighted by Crippen LogP contribution is -2.54. The smallest absolute Gasteiger partial charge is 0.376 e. The van der Waals surface area contributed by atoms with E-state index in [0.29, 0.717) is 33.4 Å². The molecule has 7 nitrogen and oxygen atoms in total. The van der Waals surface area contributed by atoms with Crippen molar-refractivity contribution >= 4 is 23.3 Å². The number of hydrogen-bond acceptors (Lipinski definition) is 6. The Kier molecular flexibility index (Phi) is 6.67. The molecule has 1 fully saturated rings. The number of aliphatic hydroxyl groups is 1. The molecule has 0 bridgehead atoms. The lowest BCUT2D eigenvalue weighted by atomic mass is 10.0. The van der Waals surface area contributed by atoms with Crippen LogP contribution in [-0.4, -0.2) is 69.3 Å². The first-order valence-electron chi connectivity index (χ1n) is 10.2. The van der Waals surface area contributed by atoms with Gasteiger partial charge in [0, 0.05) is 49.7 Å².